The number of rotatable bonds is 5. The Hall–Kier alpha value is -0.890. The molecule has 1 aromatic carbocycles. The van der Waals surface area contributed by atoms with Crippen LogP contribution in [-0.2, 0) is 0 Å². The van der Waals surface area contributed by atoms with Crippen LogP contribution in [0.3, 0.4) is 0 Å². The van der Waals surface area contributed by atoms with Crippen molar-refractivity contribution in [1.29, 1.82) is 0 Å². The first-order chi connectivity index (χ1) is 7.25. The Bertz CT molecular complexity index is 320. The zero-order valence-corrected chi connectivity index (χ0v) is 9.95. The summed E-state index contributed by atoms with van der Waals surface area (Å²) in [6, 6.07) is 7.33. The van der Waals surface area contributed by atoms with Gasteiger partial charge in [-0.1, -0.05) is 50.1 Å². The number of thiol groups is 1. The maximum Gasteiger partial charge on any atom is 0.120 e. The number of benzene rings is 1. The summed E-state index contributed by atoms with van der Waals surface area (Å²) in [5, 5.41) is 9.59. The first-order valence-corrected chi connectivity index (χ1v) is 5.90. The van der Waals surface area contributed by atoms with Crippen LogP contribution in [0.1, 0.15) is 37.0 Å². The molecule has 0 aliphatic rings. The molecule has 82 valence electrons. The van der Waals surface area contributed by atoms with Crippen molar-refractivity contribution in [2.24, 2.45) is 0 Å². The Labute approximate surface area is 97.2 Å². The summed E-state index contributed by atoms with van der Waals surface area (Å²) >= 11 is 4.44. The average Bonchev–Trinajstić information content (AvgIpc) is 2.25. The maximum absolute atomic E-state index is 9.60. The molecule has 1 N–H and O–H groups in total. The van der Waals surface area contributed by atoms with E-state index in [-0.39, 0.29) is 5.25 Å². The Balaban J connectivity index is 2.57. The molecule has 1 unspecified atom stereocenters. The van der Waals surface area contributed by atoms with Crippen molar-refractivity contribution in [3.63, 3.8) is 0 Å². The number of unbranched alkanes of at least 4 members (excludes halogenated alkanes) is 2. The van der Waals surface area contributed by atoms with Gasteiger partial charge >= 0.3 is 0 Å². The van der Waals surface area contributed by atoms with Gasteiger partial charge in [-0.3, -0.25) is 0 Å². The van der Waals surface area contributed by atoms with Gasteiger partial charge in [0.1, 0.15) is 5.75 Å². The molecular formula is C13H18OS. The van der Waals surface area contributed by atoms with E-state index in [0.29, 0.717) is 5.75 Å². The normalized spacial score (nSPS) is 13.2. The van der Waals surface area contributed by atoms with E-state index in [1.165, 1.54) is 12.8 Å². The van der Waals surface area contributed by atoms with Gasteiger partial charge in [-0.25, -0.2) is 0 Å². The van der Waals surface area contributed by atoms with Gasteiger partial charge in [-0.05, 0) is 12.5 Å². The minimum absolute atomic E-state index is 0.0111. The quantitative estimate of drug-likeness (QED) is 0.436. The molecule has 15 heavy (non-hydrogen) atoms. The van der Waals surface area contributed by atoms with Crippen LogP contribution in [-0.4, -0.2) is 5.11 Å². The summed E-state index contributed by atoms with van der Waals surface area (Å²) in [6.45, 7) is 2.18. The molecule has 0 aliphatic carbocycles. The highest BCUT2D eigenvalue weighted by atomic mass is 32.1. The lowest BCUT2D eigenvalue weighted by Gasteiger charge is -2.07. The molecule has 0 fully saturated rings. The summed E-state index contributed by atoms with van der Waals surface area (Å²) in [5.74, 6) is 0.317. The predicted octanol–water partition coefficient (Wildman–Crippen LogP) is 4.11. The Morgan fingerprint density at radius 1 is 1.40 bits per heavy atom. The highest BCUT2D eigenvalue weighted by Crippen LogP contribution is 2.29. The fourth-order valence-electron chi connectivity index (χ4n) is 1.39. The van der Waals surface area contributed by atoms with Crippen molar-refractivity contribution in [3.8, 4) is 5.75 Å². The van der Waals surface area contributed by atoms with Crippen LogP contribution < -0.4 is 0 Å². The smallest absolute Gasteiger partial charge is 0.120 e. The average molecular weight is 222 g/mol. The number of phenolic OH excluding ortho intramolecular Hbond substituents is 1. The van der Waals surface area contributed by atoms with E-state index in [2.05, 4.69) is 25.6 Å². The van der Waals surface area contributed by atoms with Gasteiger partial charge in [0.2, 0.25) is 0 Å². The van der Waals surface area contributed by atoms with Gasteiger partial charge < -0.3 is 5.11 Å². The van der Waals surface area contributed by atoms with Crippen LogP contribution in [0.5, 0.6) is 5.75 Å². The van der Waals surface area contributed by atoms with E-state index < -0.39 is 0 Å². The molecule has 0 aliphatic heterocycles. The number of allylic oxidation sites excluding steroid dienone is 1. The number of hydrogen-bond donors (Lipinski definition) is 2. The van der Waals surface area contributed by atoms with Crippen LogP contribution in [0.25, 0.3) is 0 Å². The van der Waals surface area contributed by atoms with Crippen LogP contribution in [0.15, 0.2) is 36.4 Å². The zero-order chi connectivity index (χ0) is 11.1. The summed E-state index contributed by atoms with van der Waals surface area (Å²) in [4.78, 5) is 0. The molecular weight excluding hydrogens is 204 g/mol. The Kier molecular flexibility index (Phi) is 5.33. The van der Waals surface area contributed by atoms with Crippen LogP contribution in [0.2, 0.25) is 0 Å². The van der Waals surface area contributed by atoms with Crippen LogP contribution in [0, 0.1) is 0 Å². The second-order valence-electron chi connectivity index (χ2n) is 3.57. The van der Waals surface area contributed by atoms with Gasteiger partial charge in [0.05, 0.1) is 0 Å². The second kappa shape index (κ2) is 6.57. The SMILES string of the molecule is CCCCC=CC(S)c1ccccc1O. The van der Waals surface area contributed by atoms with Gasteiger partial charge in [0.25, 0.3) is 0 Å². The fourth-order valence-corrected chi connectivity index (χ4v) is 1.73. The molecule has 1 atom stereocenters. The van der Waals surface area contributed by atoms with E-state index >= 15 is 0 Å². The molecule has 0 heterocycles. The molecule has 0 amide bonds. The van der Waals surface area contributed by atoms with E-state index in [0.717, 1.165) is 12.0 Å². The molecule has 1 rings (SSSR count). The monoisotopic (exact) mass is 222 g/mol. The molecule has 1 nitrogen and oxygen atoms in total. The van der Waals surface area contributed by atoms with Crippen molar-refractivity contribution in [2.75, 3.05) is 0 Å². The molecule has 0 saturated heterocycles. The largest absolute Gasteiger partial charge is 0.508 e. The lowest BCUT2D eigenvalue weighted by molar-refractivity contribution is 0.469. The second-order valence-corrected chi connectivity index (χ2v) is 4.13. The summed E-state index contributed by atoms with van der Waals surface area (Å²) in [7, 11) is 0. The summed E-state index contributed by atoms with van der Waals surface area (Å²) in [5.41, 5.74) is 0.869. The molecule has 0 radical (unpaired) electrons. The number of phenols is 1. The lowest BCUT2D eigenvalue weighted by atomic mass is 10.1. The minimum atomic E-state index is -0.0111. The minimum Gasteiger partial charge on any atom is -0.508 e. The highest BCUT2D eigenvalue weighted by molar-refractivity contribution is 7.80. The van der Waals surface area contributed by atoms with Crippen molar-refractivity contribution in [1.82, 2.24) is 0 Å². The predicted molar refractivity (Wildman–Crippen MR) is 68.5 cm³/mol. The first kappa shape index (κ1) is 12.2. The summed E-state index contributed by atoms with van der Waals surface area (Å²) in [6.07, 6.45) is 7.67. The van der Waals surface area contributed by atoms with E-state index in [1.54, 1.807) is 6.07 Å². The molecule has 0 aromatic heterocycles. The van der Waals surface area contributed by atoms with Crippen molar-refractivity contribution in [2.45, 2.75) is 31.4 Å². The topological polar surface area (TPSA) is 20.2 Å². The van der Waals surface area contributed by atoms with E-state index in [1.807, 2.05) is 24.3 Å². The molecule has 2 heteroatoms. The number of para-hydroxylation sites is 1. The maximum atomic E-state index is 9.60. The number of hydrogen-bond acceptors (Lipinski definition) is 2. The van der Waals surface area contributed by atoms with Gasteiger partial charge in [0, 0.05) is 10.8 Å². The molecule has 0 bridgehead atoms. The first-order valence-electron chi connectivity index (χ1n) is 5.38. The van der Waals surface area contributed by atoms with Crippen LogP contribution >= 0.6 is 12.6 Å². The fraction of sp³-hybridized carbons (Fsp3) is 0.385. The third-order valence-electron chi connectivity index (χ3n) is 2.30. The molecule has 0 saturated carbocycles. The van der Waals surface area contributed by atoms with Crippen molar-refractivity contribution < 1.29 is 5.11 Å². The molecule has 0 spiro atoms. The van der Waals surface area contributed by atoms with E-state index in [9.17, 15) is 5.11 Å². The third kappa shape index (κ3) is 4.00. The van der Waals surface area contributed by atoms with Crippen LogP contribution in [0.4, 0.5) is 0 Å². The van der Waals surface area contributed by atoms with Gasteiger partial charge in [-0.2, -0.15) is 12.6 Å². The zero-order valence-electron chi connectivity index (χ0n) is 9.06. The standard InChI is InChI=1S/C13H18OS/c1-2-3-4-5-10-13(15)11-8-6-7-9-12(11)14/h5-10,13-15H,2-4H2,1H3. The number of aromatic hydroxyl groups is 1. The Morgan fingerprint density at radius 3 is 2.80 bits per heavy atom. The van der Waals surface area contributed by atoms with E-state index in [4.69, 9.17) is 0 Å². The molecule has 1 aromatic rings. The van der Waals surface area contributed by atoms with Crippen molar-refractivity contribution in [3.05, 3.63) is 42.0 Å². The lowest BCUT2D eigenvalue weighted by Crippen LogP contribution is -1.86. The highest BCUT2D eigenvalue weighted by Gasteiger charge is 2.06. The van der Waals surface area contributed by atoms with Crippen molar-refractivity contribution >= 4 is 12.6 Å². The van der Waals surface area contributed by atoms with Gasteiger partial charge in [0.15, 0.2) is 0 Å². The Morgan fingerprint density at radius 2 is 2.13 bits per heavy atom. The summed E-state index contributed by atoms with van der Waals surface area (Å²) < 4.78 is 0. The van der Waals surface area contributed by atoms with Gasteiger partial charge in [-0.15, -0.1) is 0 Å². The third-order valence-corrected chi connectivity index (χ3v) is 2.75.